The Morgan fingerprint density at radius 2 is 1.07 bits per heavy atom. The van der Waals surface area contributed by atoms with Crippen LogP contribution in [0.4, 0.5) is 0 Å². The van der Waals surface area contributed by atoms with E-state index in [0.717, 1.165) is 57.8 Å². The van der Waals surface area contributed by atoms with Gasteiger partial charge in [-0.15, -0.1) is 0 Å². The third kappa shape index (κ3) is 7.55. The summed E-state index contributed by atoms with van der Waals surface area (Å²) in [6.45, 7) is 7.11. The number of benzene rings is 1. The molecule has 3 N–H and O–H groups in total. The van der Waals surface area contributed by atoms with Crippen molar-refractivity contribution in [3.63, 3.8) is 0 Å². The molecule has 7 nitrogen and oxygen atoms in total. The van der Waals surface area contributed by atoms with Gasteiger partial charge >= 0.3 is 5.97 Å². The summed E-state index contributed by atoms with van der Waals surface area (Å²) < 4.78 is 17.3. The Balaban J connectivity index is 3.30. The zero-order chi connectivity index (χ0) is 21.6. The van der Waals surface area contributed by atoms with Crippen molar-refractivity contribution in [1.29, 1.82) is 0 Å². The summed E-state index contributed by atoms with van der Waals surface area (Å²) in [6.07, 6.45) is 8.10. The van der Waals surface area contributed by atoms with Crippen LogP contribution in [0.3, 0.4) is 0 Å². The molecule has 0 atom stereocenters. The first-order valence-electron chi connectivity index (χ1n) is 10.7. The van der Waals surface area contributed by atoms with Crippen LogP contribution in [0.2, 0.25) is 0 Å². The number of hydrogen-bond donors (Lipinski definition) is 3. The third-order valence-electron chi connectivity index (χ3n) is 4.51. The predicted molar refractivity (Wildman–Crippen MR) is 112 cm³/mol. The molecule has 0 aliphatic rings. The molecule has 29 heavy (non-hydrogen) atoms. The number of unbranched alkanes of at least 4 members (excludes halogenated alkanes) is 6. The Labute approximate surface area is 173 Å². The lowest BCUT2D eigenvalue weighted by Gasteiger charge is -2.21. The number of aromatic hydroxyl groups is 2. The van der Waals surface area contributed by atoms with Crippen LogP contribution in [0.5, 0.6) is 28.7 Å². The van der Waals surface area contributed by atoms with E-state index in [1.807, 2.05) is 0 Å². The van der Waals surface area contributed by atoms with Gasteiger partial charge in [-0.1, -0.05) is 59.3 Å². The van der Waals surface area contributed by atoms with E-state index in [0.29, 0.717) is 13.2 Å². The van der Waals surface area contributed by atoms with Gasteiger partial charge in [-0.05, 0) is 19.3 Å². The number of carbonyl (C=O) groups is 1. The van der Waals surface area contributed by atoms with Crippen molar-refractivity contribution in [2.45, 2.75) is 78.6 Å². The zero-order valence-electron chi connectivity index (χ0n) is 18.0. The van der Waals surface area contributed by atoms with Crippen molar-refractivity contribution in [2.24, 2.45) is 0 Å². The van der Waals surface area contributed by atoms with Gasteiger partial charge in [0.05, 0.1) is 19.8 Å². The summed E-state index contributed by atoms with van der Waals surface area (Å²) in [5.41, 5.74) is -0.509. The van der Waals surface area contributed by atoms with E-state index in [4.69, 9.17) is 14.2 Å². The molecule has 0 saturated carbocycles. The maximum Gasteiger partial charge on any atom is 0.343 e. The van der Waals surface area contributed by atoms with Crippen molar-refractivity contribution < 1.29 is 34.3 Å². The number of aromatic carboxylic acids is 1. The fourth-order valence-corrected chi connectivity index (χ4v) is 2.84. The quantitative estimate of drug-likeness (QED) is 0.243. The number of carboxylic acids is 1. The van der Waals surface area contributed by atoms with E-state index >= 15 is 0 Å². The molecule has 0 aromatic heterocycles. The van der Waals surface area contributed by atoms with Crippen LogP contribution in [0.1, 0.15) is 88.9 Å². The molecule has 0 heterocycles. The lowest BCUT2D eigenvalue weighted by molar-refractivity contribution is 0.0686. The first-order valence-corrected chi connectivity index (χ1v) is 10.7. The highest BCUT2D eigenvalue weighted by molar-refractivity contribution is 5.97. The normalized spacial score (nSPS) is 10.7. The van der Waals surface area contributed by atoms with Gasteiger partial charge in [0, 0.05) is 0 Å². The van der Waals surface area contributed by atoms with Crippen molar-refractivity contribution in [3.05, 3.63) is 5.56 Å². The molecular weight excluding hydrogens is 376 g/mol. The van der Waals surface area contributed by atoms with Crippen LogP contribution in [0.25, 0.3) is 0 Å². The van der Waals surface area contributed by atoms with Crippen LogP contribution in [0, 0.1) is 0 Å². The predicted octanol–water partition coefficient (Wildman–Crippen LogP) is 5.50. The molecule has 0 bridgehead atoms. The summed E-state index contributed by atoms with van der Waals surface area (Å²) in [4.78, 5) is 11.8. The standard InChI is InChI=1S/C22H36O7/c1-4-7-10-13-27-19-16(22(25)26)17(23)18(24)20(28-14-11-8-5-2)21(19)29-15-12-9-6-3/h23-24H,4-15H2,1-3H3,(H,25,26). The average molecular weight is 413 g/mol. The van der Waals surface area contributed by atoms with E-state index in [2.05, 4.69) is 20.8 Å². The van der Waals surface area contributed by atoms with Crippen molar-refractivity contribution in [1.82, 2.24) is 0 Å². The zero-order valence-corrected chi connectivity index (χ0v) is 18.0. The summed E-state index contributed by atoms with van der Waals surface area (Å²) in [7, 11) is 0. The van der Waals surface area contributed by atoms with Crippen LogP contribution in [-0.4, -0.2) is 41.1 Å². The fraction of sp³-hybridized carbons (Fsp3) is 0.682. The second kappa shape index (κ2) is 13.8. The monoisotopic (exact) mass is 412 g/mol. The second-order valence-corrected chi connectivity index (χ2v) is 7.03. The van der Waals surface area contributed by atoms with Crippen molar-refractivity contribution in [2.75, 3.05) is 19.8 Å². The minimum atomic E-state index is -1.40. The molecule has 0 unspecified atom stereocenters. The lowest BCUT2D eigenvalue weighted by atomic mass is 10.1. The van der Waals surface area contributed by atoms with Crippen LogP contribution in [0.15, 0.2) is 0 Å². The molecule has 7 heteroatoms. The molecule has 0 spiro atoms. The fourth-order valence-electron chi connectivity index (χ4n) is 2.84. The Hall–Kier alpha value is -2.31. The van der Waals surface area contributed by atoms with Crippen molar-refractivity contribution >= 4 is 5.97 Å². The largest absolute Gasteiger partial charge is 0.503 e. The molecule has 0 radical (unpaired) electrons. The smallest absolute Gasteiger partial charge is 0.343 e. The van der Waals surface area contributed by atoms with Crippen molar-refractivity contribution in [3.8, 4) is 28.7 Å². The maximum absolute atomic E-state index is 11.8. The average Bonchev–Trinajstić information content (AvgIpc) is 2.70. The summed E-state index contributed by atoms with van der Waals surface area (Å²) in [6, 6.07) is 0. The third-order valence-corrected chi connectivity index (χ3v) is 4.51. The number of hydrogen-bond acceptors (Lipinski definition) is 6. The molecule has 0 fully saturated rings. The molecule has 1 rings (SSSR count). The Bertz CT molecular complexity index is 628. The summed E-state index contributed by atoms with van der Waals surface area (Å²) in [5, 5.41) is 30.3. The van der Waals surface area contributed by atoms with E-state index in [1.165, 1.54) is 0 Å². The highest BCUT2D eigenvalue weighted by Crippen LogP contribution is 2.53. The van der Waals surface area contributed by atoms with Gasteiger partial charge in [0.2, 0.25) is 17.2 Å². The number of ether oxygens (including phenoxy) is 3. The Kier molecular flexibility index (Phi) is 11.8. The minimum absolute atomic E-state index is 0.0433. The number of phenolic OH excluding ortho intramolecular Hbond substituents is 1. The highest BCUT2D eigenvalue weighted by Gasteiger charge is 2.31. The van der Waals surface area contributed by atoms with Crippen LogP contribution < -0.4 is 14.2 Å². The highest BCUT2D eigenvalue weighted by atomic mass is 16.5. The lowest BCUT2D eigenvalue weighted by Crippen LogP contribution is -2.11. The first kappa shape index (κ1) is 24.7. The Morgan fingerprint density at radius 1 is 0.655 bits per heavy atom. The van der Waals surface area contributed by atoms with E-state index < -0.39 is 23.0 Å². The molecule has 166 valence electrons. The molecule has 0 aliphatic carbocycles. The van der Waals surface area contributed by atoms with E-state index in [9.17, 15) is 20.1 Å². The SMILES string of the molecule is CCCCCOc1c(O)c(O)c(C(=O)O)c(OCCCCC)c1OCCCCC. The number of phenols is 2. The van der Waals surface area contributed by atoms with Gasteiger partial charge in [-0.25, -0.2) is 4.79 Å². The van der Waals surface area contributed by atoms with Gasteiger partial charge in [0.1, 0.15) is 0 Å². The molecule has 0 saturated heterocycles. The van der Waals surface area contributed by atoms with Crippen LogP contribution in [-0.2, 0) is 0 Å². The molecule has 1 aromatic rings. The topological polar surface area (TPSA) is 105 Å². The Morgan fingerprint density at radius 3 is 1.48 bits per heavy atom. The number of carboxylic acid groups (broad SMARTS) is 1. The maximum atomic E-state index is 11.8. The molecule has 0 aliphatic heterocycles. The first-order chi connectivity index (χ1) is 14.0. The van der Waals surface area contributed by atoms with E-state index in [-0.39, 0.29) is 23.9 Å². The second-order valence-electron chi connectivity index (χ2n) is 7.03. The van der Waals surface area contributed by atoms with Gasteiger partial charge in [0.25, 0.3) is 0 Å². The molecular formula is C22H36O7. The summed E-state index contributed by atoms with van der Waals surface area (Å²) in [5.74, 6) is -2.92. The summed E-state index contributed by atoms with van der Waals surface area (Å²) >= 11 is 0. The van der Waals surface area contributed by atoms with Gasteiger partial charge in [-0.3, -0.25) is 0 Å². The van der Waals surface area contributed by atoms with Gasteiger partial charge in [0.15, 0.2) is 17.1 Å². The minimum Gasteiger partial charge on any atom is -0.503 e. The van der Waals surface area contributed by atoms with Gasteiger partial charge in [-0.2, -0.15) is 0 Å². The van der Waals surface area contributed by atoms with Gasteiger partial charge < -0.3 is 29.5 Å². The van der Waals surface area contributed by atoms with E-state index in [1.54, 1.807) is 0 Å². The molecule has 0 amide bonds. The molecule has 1 aromatic carbocycles. The number of rotatable bonds is 16. The van der Waals surface area contributed by atoms with Crippen LogP contribution >= 0.6 is 0 Å².